The summed E-state index contributed by atoms with van der Waals surface area (Å²) in [7, 11) is 0. The predicted molar refractivity (Wildman–Crippen MR) is 143 cm³/mol. The Balaban J connectivity index is 0.895. The van der Waals surface area contributed by atoms with Crippen molar-refractivity contribution in [2.45, 2.75) is 127 Å². The SMILES string of the molecule is CC1CCCC(OC2COC(OC3CCC4C(CCC5C4CCC4C(C6=CC(=O)OC6)CCC45)C3)CC2O)O1. The molecule has 0 aromatic carbocycles. The average molecular weight is 545 g/mol. The number of rotatable bonds is 5. The van der Waals surface area contributed by atoms with Gasteiger partial charge in [-0.2, -0.15) is 0 Å². The van der Waals surface area contributed by atoms with Crippen LogP contribution in [0, 0.1) is 41.4 Å². The Hall–Kier alpha value is -0.990. The van der Waals surface area contributed by atoms with Gasteiger partial charge in [-0.05, 0) is 131 Å². The van der Waals surface area contributed by atoms with Gasteiger partial charge in [0.15, 0.2) is 12.6 Å². The topological polar surface area (TPSA) is 83.5 Å². The third-order valence-electron chi connectivity index (χ3n) is 11.8. The van der Waals surface area contributed by atoms with Crippen molar-refractivity contribution in [3.63, 3.8) is 0 Å². The Morgan fingerprint density at radius 2 is 1.59 bits per heavy atom. The van der Waals surface area contributed by atoms with Crippen molar-refractivity contribution in [1.82, 2.24) is 0 Å². The highest BCUT2D eigenvalue weighted by molar-refractivity contribution is 5.85. The average Bonchev–Trinajstić information content (AvgIpc) is 3.56. The molecule has 0 aromatic heterocycles. The van der Waals surface area contributed by atoms with Crippen LogP contribution in [0.25, 0.3) is 0 Å². The lowest BCUT2D eigenvalue weighted by Crippen LogP contribution is -2.49. The molecule has 13 atom stereocenters. The zero-order valence-corrected chi connectivity index (χ0v) is 23.6. The van der Waals surface area contributed by atoms with Gasteiger partial charge in [0, 0.05) is 12.5 Å². The molecule has 0 amide bonds. The monoisotopic (exact) mass is 544 g/mol. The van der Waals surface area contributed by atoms with Gasteiger partial charge in [-0.15, -0.1) is 0 Å². The summed E-state index contributed by atoms with van der Waals surface area (Å²) in [6.45, 7) is 2.98. The van der Waals surface area contributed by atoms with E-state index in [-0.39, 0.29) is 36.9 Å². The molecule has 7 nitrogen and oxygen atoms in total. The van der Waals surface area contributed by atoms with E-state index < -0.39 is 6.10 Å². The van der Waals surface area contributed by atoms with Crippen LogP contribution >= 0.6 is 0 Å². The minimum Gasteiger partial charge on any atom is -0.458 e. The van der Waals surface area contributed by atoms with E-state index in [4.69, 9.17) is 23.7 Å². The van der Waals surface area contributed by atoms with E-state index >= 15 is 0 Å². The summed E-state index contributed by atoms with van der Waals surface area (Å²) in [5.41, 5.74) is 1.28. The molecule has 2 saturated heterocycles. The minimum absolute atomic E-state index is 0.133. The second kappa shape index (κ2) is 11.4. The highest BCUT2D eigenvalue weighted by Crippen LogP contribution is 2.60. The number of cyclic esters (lactones) is 1. The number of aliphatic hydroxyl groups excluding tert-OH is 1. The molecule has 39 heavy (non-hydrogen) atoms. The van der Waals surface area contributed by atoms with Gasteiger partial charge in [0.1, 0.15) is 12.7 Å². The quantitative estimate of drug-likeness (QED) is 0.379. The summed E-state index contributed by atoms with van der Waals surface area (Å²) < 4.78 is 29.8. The third-order valence-corrected chi connectivity index (χ3v) is 11.8. The van der Waals surface area contributed by atoms with Crippen LogP contribution < -0.4 is 0 Å². The van der Waals surface area contributed by atoms with Crippen LogP contribution in [0.5, 0.6) is 0 Å². The summed E-state index contributed by atoms with van der Waals surface area (Å²) >= 11 is 0. The molecular formula is C32H48O7. The Kier molecular flexibility index (Phi) is 7.83. The molecule has 13 unspecified atom stereocenters. The number of hydrogen-bond acceptors (Lipinski definition) is 7. The van der Waals surface area contributed by atoms with Gasteiger partial charge in [0.05, 0.1) is 24.9 Å². The molecule has 6 fully saturated rings. The summed E-state index contributed by atoms with van der Waals surface area (Å²) in [6, 6.07) is 0. The number of carbonyl (C=O) groups excluding carboxylic acids is 1. The lowest BCUT2D eigenvalue weighted by atomic mass is 9.53. The van der Waals surface area contributed by atoms with Crippen molar-refractivity contribution in [2.75, 3.05) is 13.2 Å². The van der Waals surface area contributed by atoms with Crippen LogP contribution in [0.1, 0.15) is 90.4 Å². The summed E-state index contributed by atoms with van der Waals surface area (Å²) in [6.07, 6.45) is 15.8. The third kappa shape index (κ3) is 5.48. The number of hydrogen-bond donors (Lipinski definition) is 1. The molecule has 0 spiro atoms. The normalized spacial score (nSPS) is 49.9. The van der Waals surface area contributed by atoms with E-state index in [1.54, 1.807) is 6.08 Å². The summed E-state index contributed by atoms with van der Waals surface area (Å²) in [4.78, 5) is 11.7. The highest BCUT2D eigenvalue weighted by atomic mass is 16.7. The number of aliphatic hydroxyl groups is 1. The molecule has 4 aliphatic carbocycles. The van der Waals surface area contributed by atoms with Crippen LogP contribution in [0.3, 0.4) is 0 Å². The molecule has 4 saturated carbocycles. The second-order valence-corrected chi connectivity index (χ2v) is 13.9. The number of fused-ring (bicyclic) bond motifs is 5. The van der Waals surface area contributed by atoms with Gasteiger partial charge >= 0.3 is 5.97 Å². The van der Waals surface area contributed by atoms with Crippen molar-refractivity contribution in [3.05, 3.63) is 11.6 Å². The minimum atomic E-state index is -0.577. The van der Waals surface area contributed by atoms with Crippen LogP contribution in [0.2, 0.25) is 0 Å². The first-order valence-corrected chi connectivity index (χ1v) is 16.1. The molecule has 7 heteroatoms. The van der Waals surface area contributed by atoms with E-state index in [2.05, 4.69) is 6.92 Å². The molecule has 1 N–H and O–H groups in total. The van der Waals surface area contributed by atoms with Crippen molar-refractivity contribution in [2.24, 2.45) is 41.4 Å². The van der Waals surface area contributed by atoms with Crippen molar-refractivity contribution >= 4 is 5.97 Å². The lowest BCUT2D eigenvalue weighted by molar-refractivity contribution is -0.284. The Labute approximate surface area is 233 Å². The van der Waals surface area contributed by atoms with Crippen molar-refractivity contribution in [1.29, 1.82) is 0 Å². The number of esters is 1. The highest BCUT2D eigenvalue weighted by Gasteiger charge is 2.52. The van der Waals surface area contributed by atoms with Crippen LogP contribution in [0.4, 0.5) is 0 Å². The molecule has 0 bridgehead atoms. The van der Waals surface area contributed by atoms with Crippen LogP contribution in [-0.2, 0) is 28.5 Å². The maximum atomic E-state index is 11.7. The van der Waals surface area contributed by atoms with Gasteiger partial charge in [0.25, 0.3) is 0 Å². The van der Waals surface area contributed by atoms with Gasteiger partial charge in [-0.25, -0.2) is 4.79 Å². The van der Waals surface area contributed by atoms with E-state index in [1.165, 1.54) is 50.5 Å². The zero-order valence-electron chi connectivity index (χ0n) is 23.6. The van der Waals surface area contributed by atoms with Gasteiger partial charge < -0.3 is 28.8 Å². The van der Waals surface area contributed by atoms with Crippen molar-refractivity contribution < 1.29 is 33.6 Å². The molecule has 3 heterocycles. The number of carbonyl (C=O) groups is 1. The van der Waals surface area contributed by atoms with E-state index in [0.29, 0.717) is 25.6 Å². The maximum absolute atomic E-state index is 11.7. The fourth-order valence-corrected chi connectivity index (χ4v) is 10.1. The van der Waals surface area contributed by atoms with Gasteiger partial charge in [-0.3, -0.25) is 0 Å². The molecule has 218 valence electrons. The Morgan fingerprint density at radius 1 is 0.821 bits per heavy atom. The first-order valence-electron chi connectivity index (χ1n) is 16.1. The van der Waals surface area contributed by atoms with Crippen LogP contribution in [0.15, 0.2) is 11.6 Å². The van der Waals surface area contributed by atoms with E-state index in [9.17, 15) is 9.90 Å². The molecule has 3 aliphatic heterocycles. The second-order valence-electron chi connectivity index (χ2n) is 13.9. The molecule has 0 radical (unpaired) electrons. The molecule has 7 aliphatic rings. The van der Waals surface area contributed by atoms with Crippen LogP contribution in [-0.4, -0.2) is 61.3 Å². The fraction of sp³-hybridized carbons (Fsp3) is 0.906. The largest absolute Gasteiger partial charge is 0.458 e. The molecule has 7 rings (SSSR count). The molecular weight excluding hydrogens is 496 g/mol. The fourth-order valence-electron chi connectivity index (χ4n) is 10.1. The Morgan fingerprint density at radius 3 is 2.41 bits per heavy atom. The Bertz CT molecular complexity index is 920. The van der Waals surface area contributed by atoms with E-state index in [1.807, 2.05) is 0 Å². The van der Waals surface area contributed by atoms with Crippen molar-refractivity contribution in [3.8, 4) is 0 Å². The number of ether oxygens (including phenoxy) is 5. The standard InChI is InChI=1S/C32H48O7/c1-18-3-2-4-31(37-18)39-29-17-36-32(15-28(29)33)38-21-6-8-22-19(13-21)5-7-26-24(22)11-12-25-23(9-10-27(25)26)20-14-30(34)35-16-20/h14,18-19,21-29,31-33H,2-13,15-17H2,1H3. The summed E-state index contributed by atoms with van der Waals surface area (Å²) in [5.74, 6) is 5.40. The maximum Gasteiger partial charge on any atom is 0.331 e. The molecule has 0 aromatic rings. The smallest absolute Gasteiger partial charge is 0.331 e. The first-order chi connectivity index (χ1) is 19.0. The first kappa shape index (κ1) is 26.9. The van der Waals surface area contributed by atoms with E-state index in [0.717, 1.165) is 67.6 Å². The summed E-state index contributed by atoms with van der Waals surface area (Å²) in [5, 5.41) is 10.8. The predicted octanol–water partition coefficient (Wildman–Crippen LogP) is 5.14. The lowest BCUT2D eigenvalue weighted by Gasteiger charge is -2.53. The van der Waals surface area contributed by atoms with Gasteiger partial charge in [-0.1, -0.05) is 0 Å². The van der Waals surface area contributed by atoms with Gasteiger partial charge in [0.2, 0.25) is 0 Å². The zero-order chi connectivity index (χ0) is 26.5.